The molecule has 112 valence electrons. The first-order valence-electron chi connectivity index (χ1n) is 6.96. The number of pyridine rings is 1. The first kappa shape index (κ1) is 15.4. The molecule has 0 spiro atoms. The van der Waals surface area contributed by atoms with Gasteiger partial charge in [-0.05, 0) is 26.0 Å². The van der Waals surface area contributed by atoms with Crippen molar-refractivity contribution in [2.45, 2.75) is 32.7 Å². The third kappa shape index (κ3) is 4.82. The fourth-order valence-electron chi connectivity index (χ4n) is 1.84. The molecule has 1 unspecified atom stereocenters. The molecule has 2 rings (SSSR count). The Balaban J connectivity index is 1.87. The first-order valence-corrected chi connectivity index (χ1v) is 7.84. The van der Waals surface area contributed by atoms with Crippen molar-refractivity contribution in [2.24, 2.45) is 0 Å². The van der Waals surface area contributed by atoms with Gasteiger partial charge in [0.15, 0.2) is 5.13 Å². The second-order valence-corrected chi connectivity index (χ2v) is 5.43. The SMILES string of the molecule is CCOC(=O)CCc1csc(NC(C)c2ccccn2)n1. The average Bonchev–Trinajstić information content (AvgIpc) is 2.94. The summed E-state index contributed by atoms with van der Waals surface area (Å²) in [5.74, 6) is -0.179. The van der Waals surface area contributed by atoms with Gasteiger partial charge in [-0.25, -0.2) is 4.98 Å². The lowest BCUT2D eigenvalue weighted by Crippen LogP contribution is -2.08. The minimum absolute atomic E-state index is 0.0928. The van der Waals surface area contributed by atoms with E-state index in [0.29, 0.717) is 19.4 Å². The number of aromatic nitrogens is 2. The Hall–Kier alpha value is -1.95. The van der Waals surface area contributed by atoms with Crippen LogP contribution in [0, 0.1) is 0 Å². The molecule has 0 saturated heterocycles. The minimum atomic E-state index is -0.179. The first-order chi connectivity index (χ1) is 10.2. The quantitative estimate of drug-likeness (QED) is 0.796. The number of carbonyl (C=O) groups is 1. The highest BCUT2D eigenvalue weighted by Crippen LogP contribution is 2.22. The van der Waals surface area contributed by atoms with Crippen LogP contribution in [-0.4, -0.2) is 22.5 Å². The third-order valence-electron chi connectivity index (χ3n) is 2.91. The van der Waals surface area contributed by atoms with Crippen molar-refractivity contribution < 1.29 is 9.53 Å². The van der Waals surface area contributed by atoms with Gasteiger partial charge in [-0.3, -0.25) is 9.78 Å². The van der Waals surface area contributed by atoms with Crippen molar-refractivity contribution in [1.29, 1.82) is 0 Å². The number of rotatable bonds is 7. The molecule has 0 amide bonds. The molecule has 0 aliphatic carbocycles. The molecule has 0 aliphatic rings. The van der Waals surface area contributed by atoms with E-state index >= 15 is 0 Å². The van der Waals surface area contributed by atoms with Crippen LogP contribution in [0.3, 0.4) is 0 Å². The fourth-order valence-corrected chi connectivity index (χ4v) is 2.68. The van der Waals surface area contributed by atoms with Crippen LogP contribution in [-0.2, 0) is 16.0 Å². The molecule has 0 radical (unpaired) electrons. The number of hydrogen-bond acceptors (Lipinski definition) is 6. The number of nitrogens with one attached hydrogen (secondary N) is 1. The zero-order chi connectivity index (χ0) is 15.1. The van der Waals surface area contributed by atoms with Gasteiger partial charge in [0, 0.05) is 18.0 Å². The Bertz CT molecular complexity index is 571. The van der Waals surface area contributed by atoms with Crippen LogP contribution in [0.5, 0.6) is 0 Å². The second kappa shape index (κ2) is 7.73. The summed E-state index contributed by atoms with van der Waals surface area (Å²) in [5, 5.41) is 6.12. The van der Waals surface area contributed by atoms with E-state index in [4.69, 9.17) is 4.74 Å². The summed E-state index contributed by atoms with van der Waals surface area (Å²) in [6, 6.07) is 5.93. The maximum absolute atomic E-state index is 11.3. The van der Waals surface area contributed by atoms with E-state index in [1.54, 1.807) is 6.20 Å². The normalized spacial score (nSPS) is 11.9. The highest BCUT2D eigenvalue weighted by molar-refractivity contribution is 7.13. The van der Waals surface area contributed by atoms with Gasteiger partial charge in [0.1, 0.15) is 0 Å². The van der Waals surface area contributed by atoms with Crippen LogP contribution in [0.2, 0.25) is 0 Å². The maximum atomic E-state index is 11.3. The third-order valence-corrected chi connectivity index (χ3v) is 3.74. The fraction of sp³-hybridized carbons (Fsp3) is 0.400. The smallest absolute Gasteiger partial charge is 0.306 e. The summed E-state index contributed by atoms with van der Waals surface area (Å²) in [6.45, 7) is 4.27. The van der Waals surface area contributed by atoms with Gasteiger partial charge in [-0.15, -0.1) is 11.3 Å². The van der Waals surface area contributed by atoms with E-state index in [0.717, 1.165) is 16.5 Å². The lowest BCUT2D eigenvalue weighted by molar-refractivity contribution is -0.143. The zero-order valence-corrected chi connectivity index (χ0v) is 13.0. The number of esters is 1. The molecule has 1 atom stereocenters. The summed E-state index contributed by atoms with van der Waals surface area (Å²) >= 11 is 1.54. The molecule has 2 heterocycles. The number of ether oxygens (including phenoxy) is 1. The second-order valence-electron chi connectivity index (χ2n) is 4.57. The van der Waals surface area contributed by atoms with Gasteiger partial charge in [-0.2, -0.15) is 0 Å². The van der Waals surface area contributed by atoms with E-state index in [-0.39, 0.29) is 12.0 Å². The van der Waals surface area contributed by atoms with E-state index in [1.165, 1.54) is 11.3 Å². The maximum Gasteiger partial charge on any atom is 0.306 e. The Morgan fingerprint density at radius 3 is 3.05 bits per heavy atom. The van der Waals surface area contributed by atoms with Crippen LogP contribution in [0.1, 0.15) is 37.7 Å². The van der Waals surface area contributed by atoms with Gasteiger partial charge >= 0.3 is 5.97 Å². The van der Waals surface area contributed by atoms with Crippen molar-refractivity contribution in [3.63, 3.8) is 0 Å². The average molecular weight is 305 g/mol. The molecular weight excluding hydrogens is 286 g/mol. The Labute approximate surface area is 128 Å². The lowest BCUT2D eigenvalue weighted by atomic mass is 10.2. The van der Waals surface area contributed by atoms with Crippen molar-refractivity contribution in [3.8, 4) is 0 Å². The van der Waals surface area contributed by atoms with Crippen molar-refractivity contribution in [3.05, 3.63) is 41.2 Å². The Morgan fingerprint density at radius 2 is 2.33 bits per heavy atom. The molecule has 0 fully saturated rings. The van der Waals surface area contributed by atoms with Gasteiger partial charge in [0.25, 0.3) is 0 Å². The molecule has 0 bridgehead atoms. The molecule has 21 heavy (non-hydrogen) atoms. The largest absolute Gasteiger partial charge is 0.466 e. The molecular formula is C15H19N3O2S. The predicted octanol–water partition coefficient (Wildman–Crippen LogP) is 3.21. The topological polar surface area (TPSA) is 64.1 Å². The zero-order valence-electron chi connectivity index (χ0n) is 12.2. The number of thiazole rings is 1. The van der Waals surface area contributed by atoms with Gasteiger partial charge in [0.05, 0.1) is 30.5 Å². The number of hydrogen-bond donors (Lipinski definition) is 1. The van der Waals surface area contributed by atoms with E-state index < -0.39 is 0 Å². The van der Waals surface area contributed by atoms with Gasteiger partial charge < -0.3 is 10.1 Å². The summed E-state index contributed by atoms with van der Waals surface area (Å²) in [4.78, 5) is 20.1. The molecule has 0 aromatic carbocycles. The highest BCUT2D eigenvalue weighted by Gasteiger charge is 2.10. The number of aryl methyl sites for hydroxylation is 1. The molecule has 0 saturated carbocycles. The predicted molar refractivity (Wildman–Crippen MR) is 83.3 cm³/mol. The summed E-state index contributed by atoms with van der Waals surface area (Å²) in [5.41, 5.74) is 1.88. The molecule has 0 aliphatic heterocycles. The summed E-state index contributed by atoms with van der Waals surface area (Å²) < 4.78 is 4.91. The van der Waals surface area contributed by atoms with E-state index in [1.807, 2.05) is 37.4 Å². The standard InChI is InChI=1S/C15H19N3O2S/c1-3-20-14(19)8-7-12-10-21-15(18-12)17-11(2)13-6-4-5-9-16-13/h4-6,9-11H,3,7-8H2,1-2H3,(H,17,18). The number of carbonyl (C=O) groups excluding carboxylic acids is 1. The van der Waals surface area contributed by atoms with Crippen LogP contribution in [0.25, 0.3) is 0 Å². The highest BCUT2D eigenvalue weighted by atomic mass is 32.1. The Morgan fingerprint density at radius 1 is 1.48 bits per heavy atom. The minimum Gasteiger partial charge on any atom is -0.466 e. The van der Waals surface area contributed by atoms with E-state index in [2.05, 4.69) is 15.3 Å². The van der Waals surface area contributed by atoms with Crippen LogP contribution < -0.4 is 5.32 Å². The lowest BCUT2D eigenvalue weighted by Gasteiger charge is -2.11. The monoisotopic (exact) mass is 305 g/mol. The van der Waals surface area contributed by atoms with Crippen molar-refractivity contribution in [1.82, 2.24) is 9.97 Å². The molecule has 1 N–H and O–H groups in total. The molecule has 5 nitrogen and oxygen atoms in total. The van der Waals surface area contributed by atoms with Gasteiger partial charge in [-0.1, -0.05) is 6.07 Å². The van der Waals surface area contributed by atoms with Gasteiger partial charge in [0.2, 0.25) is 0 Å². The summed E-state index contributed by atoms with van der Waals surface area (Å²) in [6.07, 6.45) is 2.75. The molecule has 2 aromatic heterocycles. The van der Waals surface area contributed by atoms with Crippen molar-refractivity contribution >= 4 is 22.4 Å². The summed E-state index contributed by atoms with van der Waals surface area (Å²) in [7, 11) is 0. The van der Waals surface area contributed by atoms with Crippen LogP contribution in [0.15, 0.2) is 29.8 Å². The Kier molecular flexibility index (Phi) is 5.68. The number of anilines is 1. The van der Waals surface area contributed by atoms with Crippen molar-refractivity contribution in [2.75, 3.05) is 11.9 Å². The molecule has 6 heteroatoms. The van der Waals surface area contributed by atoms with E-state index in [9.17, 15) is 4.79 Å². The van der Waals surface area contributed by atoms with Crippen LogP contribution in [0.4, 0.5) is 5.13 Å². The molecule has 2 aromatic rings. The number of nitrogens with zero attached hydrogens (tertiary/aromatic N) is 2. The van der Waals surface area contributed by atoms with Crippen LogP contribution >= 0.6 is 11.3 Å².